The van der Waals surface area contributed by atoms with Gasteiger partial charge in [-0.15, -0.1) is 0 Å². The van der Waals surface area contributed by atoms with Crippen molar-refractivity contribution in [2.45, 2.75) is 51.0 Å². The molecule has 0 bridgehead atoms. The van der Waals surface area contributed by atoms with Gasteiger partial charge in [-0.2, -0.15) is 0 Å². The lowest BCUT2D eigenvalue weighted by molar-refractivity contribution is 0.0855. The van der Waals surface area contributed by atoms with Crippen molar-refractivity contribution < 1.29 is 4.79 Å². The van der Waals surface area contributed by atoms with Gasteiger partial charge in [-0.25, -0.2) is 0 Å². The van der Waals surface area contributed by atoms with Crippen LogP contribution in [0.3, 0.4) is 0 Å². The lowest BCUT2D eigenvalue weighted by Gasteiger charge is -2.33. The van der Waals surface area contributed by atoms with Crippen LogP contribution in [-0.2, 0) is 0 Å². The minimum Gasteiger partial charge on any atom is -0.313 e. The molecule has 1 aliphatic carbocycles. The van der Waals surface area contributed by atoms with Crippen molar-refractivity contribution in [3.05, 3.63) is 35.4 Å². The molecule has 0 saturated carbocycles. The van der Waals surface area contributed by atoms with Gasteiger partial charge in [0.25, 0.3) is 0 Å². The minimum absolute atomic E-state index is 0.183. The Morgan fingerprint density at radius 2 is 2.00 bits per heavy atom. The summed E-state index contributed by atoms with van der Waals surface area (Å²) in [5, 5.41) is 3.61. The summed E-state index contributed by atoms with van der Waals surface area (Å²) in [6.07, 6.45) is 5.98. The molecule has 3 atom stereocenters. The van der Waals surface area contributed by atoms with Gasteiger partial charge >= 0.3 is 0 Å². The largest absolute Gasteiger partial charge is 0.313 e. The SMILES string of the molecule is CC1CC(C2CCCCCN2)C(=O)c2ccccc21. The Balaban J connectivity index is 1.87. The van der Waals surface area contributed by atoms with E-state index in [0.29, 0.717) is 17.7 Å². The first kappa shape index (κ1) is 12.9. The number of carbonyl (C=O) groups excluding carboxylic acids is 1. The quantitative estimate of drug-likeness (QED) is 0.834. The Morgan fingerprint density at radius 1 is 1.16 bits per heavy atom. The van der Waals surface area contributed by atoms with E-state index in [0.717, 1.165) is 24.9 Å². The number of fused-ring (bicyclic) bond motifs is 1. The molecule has 0 amide bonds. The van der Waals surface area contributed by atoms with Crippen LogP contribution in [0.2, 0.25) is 0 Å². The topological polar surface area (TPSA) is 29.1 Å². The molecule has 0 radical (unpaired) electrons. The highest BCUT2D eigenvalue weighted by Gasteiger charge is 2.36. The fourth-order valence-corrected chi connectivity index (χ4v) is 3.71. The normalized spacial score (nSPS) is 31.6. The van der Waals surface area contributed by atoms with Gasteiger partial charge in [0.15, 0.2) is 5.78 Å². The van der Waals surface area contributed by atoms with Crippen LogP contribution in [-0.4, -0.2) is 18.4 Å². The smallest absolute Gasteiger partial charge is 0.167 e. The van der Waals surface area contributed by atoms with Crippen molar-refractivity contribution in [1.29, 1.82) is 0 Å². The fraction of sp³-hybridized carbons (Fsp3) is 0.588. The summed E-state index contributed by atoms with van der Waals surface area (Å²) < 4.78 is 0. The number of hydrogen-bond acceptors (Lipinski definition) is 2. The van der Waals surface area contributed by atoms with E-state index >= 15 is 0 Å². The molecule has 1 saturated heterocycles. The van der Waals surface area contributed by atoms with Gasteiger partial charge in [-0.3, -0.25) is 4.79 Å². The third kappa shape index (κ3) is 2.46. The summed E-state index contributed by atoms with van der Waals surface area (Å²) >= 11 is 0. The van der Waals surface area contributed by atoms with Crippen LogP contribution in [0, 0.1) is 5.92 Å². The standard InChI is InChI=1S/C17H23NO/c1-12-11-15(16-9-3-2-6-10-18-16)17(19)14-8-5-4-7-13(12)14/h4-5,7-8,12,15-16,18H,2-3,6,9-11H2,1H3. The summed E-state index contributed by atoms with van der Waals surface area (Å²) in [6.45, 7) is 3.33. The lowest BCUT2D eigenvalue weighted by atomic mass is 9.73. The van der Waals surface area contributed by atoms with E-state index in [9.17, 15) is 4.79 Å². The molecule has 19 heavy (non-hydrogen) atoms. The maximum absolute atomic E-state index is 12.7. The Morgan fingerprint density at radius 3 is 2.89 bits per heavy atom. The molecule has 1 N–H and O–H groups in total. The third-order valence-corrected chi connectivity index (χ3v) is 4.79. The highest BCUT2D eigenvalue weighted by Crippen LogP contribution is 2.37. The monoisotopic (exact) mass is 257 g/mol. The number of nitrogens with one attached hydrogen (secondary N) is 1. The Kier molecular flexibility index (Phi) is 3.69. The van der Waals surface area contributed by atoms with Crippen LogP contribution in [0.15, 0.2) is 24.3 Å². The maximum Gasteiger partial charge on any atom is 0.167 e. The number of benzene rings is 1. The molecular weight excluding hydrogens is 234 g/mol. The molecule has 1 heterocycles. The van der Waals surface area contributed by atoms with Crippen molar-refractivity contribution in [3.8, 4) is 0 Å². The highest BCUT2D eigenvalue weighted by molar-refractivity contribution is 6.00. The maximum atomic E-state index is 12.7. The first-order valence-electron chi connectivity index (χ1n) is 7.64. The highest BCUT2D eigenvalue weighted by atomic mass is 16.1. The summed E-state index contributed by atoms with van der Waals surface area (Å²) in [6, 6.07) is 8.57. The van der Waals surface area contributed by atoms with E-state index in [1.54, 1.807) is 0 Å². The fourth-order valence-electron chi connectivity index (χ4n) is 3.71. The molecule has 0 aromatic heterocycles. The summed E-state index contributed by atoms with van der Waals surface area (Å²) in [5.74, 6) is 1.06. The zero-order valence-corrected chi connectivity index (χ0v) is 11.7. The number of ketones is 1. The van der Waals surface area contributed by atoms with E-state index in [1.807, 2.05) is 18.2 Å². The van der Waals surface area contributed by atoms with Crippen LogP contribution < -0.4 is 5.32 Å². The third-order valence-electron chi connectivity index (χ3n) is 4.79. The molecule has 3 unspecified atom stereocenters. The van der Waals surface area contributed by atoms with Crippen LogP contribution in [0.25, 0.3) is 0 Å². The molecule has 1 fully saturated rings. The van der Waals surface area contributed by atoms with Gasteiger partial charge in [-0.05, 0) is 37.3 Å². The van der Waals surface area contributed by atoms with Gasteiger partial charge < -0.3 is 5.32 Å². The van der Waals surface area contributed by atoms with E-state index in [1.165, 1.54) is 24.8 Å². The molecule has 2 nitrogen and oxygen atoms in total. The number of hydrogen-bond donors (Lipinski definition) is 1. The Bertz CT molecular complexity index is 460. The predicted molar refractivity (Wildman–Crippen MR) is 77.6 cm³/mol. The molecular formula is C17H23NO. The molecule has 0 spiro atoms. The van der Waals surface area contributed by atoms with Gasteiger partial charge in [-0.1, -0.05) is 44.0 Å². The second-order valence-electron chi connectivity index (χ2n) is 6.10. The second-order valence-corrected chi connectivity index (χ2v) is 6.10. The second kappa shape index (κ2) is 5.46. The molecule has 1 aliphatic heterocycles. The zero-order valence-electron chi connectivity index (χ0n) is 11.7. The predicted octanol–water partition coefficient (Wildman–Crippen LogP) is 3.52. The van der Waals surface area contributed by atoms with Gasteiger partial charge in [0.05, 0.1) is 0 Å². The van der Waals surface area contributed by atoms with Crippen LogP contribution >= 0.6 is 0 Å². The molecule has 1 aromatic carbocycles. The van der Waals surface area contributed by atoms with Crippen molar-refractivity contribution in [2.75, 3.05) is 6.54 Å². The minimum atomic E-state index is 0.183. The zero-order chi connectivity index (χ0) is 13.2. The average molecular weight is 257 g/mol. The molecule has 1 aromatic rings. The summed E-state index contributed by atoms with van der Waals surface area (Å²) in [7, 11) is 0. The van der Waals surface area contributed by atoms with Crippen molar-refractivity contribution >= 4 is 5.78 Å². The number of rotatable bonds is 1. The lowest BCUT2D eigenvalue weighted by Crippen LogP contribution is -2.42. The van der Waals surface area contributed by atoms with Gasteiger partial charge in [0.1, 0.15) is 0 Å². The summed E-state index contributed by atoms with van der Waals surface area (Å²) in [4.78, 5) is 12.7. The molecule has 3 rings (SSSR count). The molecule has 2 aliphatic rings. The Hall–Kier alpha value is -1.15. The van der Waals surface area contributed by atoms with Crippen LogP contribution in [0.5, 0.6) is 0 Å². The van der Waals surface area contributed by atoms with Crippen molar-refractivity contribution in [3.63, 3.8) is 0 Å². The van der Waals surface area contributed by atoms with Crippen LogP contribution in [0.1, 0.15) is 60.9 Å². The molecule has 102 valence electrons. The number of Topliss-reactive ketones (excluding diaryl/α,β-unsaturated/α-hetero) is 1. The average Bonchev–Trinajstić information content (AvgIpc) is 2.72. The van der Waals surface area contributed by atoms with E-state index in [2.05, 4.69) is 18.3 Å². The first-order chi connectivity index (χ1) is 9.27. The summed E-state index contributed by atoms with van der Waals surface area (Å²) in [5.41, 5.74) is 2.22. The van der Waals surface area contributed by atoms with Gasteiger partial charge in [0, 0.05) is 17.5 Å². The van der Waals surface area contributed by atoms with E-state index < -0.39 is 0 Å². The van der Waals surface area contributed by atoms with E-state index in [4.69, 9.17) is 0 Å². The van der Waals surface area contributed by atoms with Crippen LogP contribution in [0.4, 0.5) is 0 Å². The Labute approximate surface area is 115 Å². The van der Waals surface area contributed by atoms with Gasteiger partial charge in [0.2, 0.25) is 0 Å². The number of carbonyl (C=O) groups is 1. The van der Waals surface area contributed by atoms with Crippen molar-refractivity contribution in [2.24, 2.45) is 5.92 Å². The molecule has 2 heteroatoms. The van der Waals surface area contributed by atoms with E-state index in [-0.39, 0.29) is 5.92 Å². The van der Waals surface area contributed by atoms with Crippen molar-refractivity contribution in [1.82, 2.24) is 5.32 Å². The first-order valence-corrected chi connectivity index (χ1v) is 7.64.